The molecular weight excluding hydrogens is 1430 g/mol. The van der Waals surface area contributed by atoms with Crippen LogP contribution in [-0.4, -0.2) is 209 Å². The number of imide groups is 1. The molecule has 3 aromatic carbocycles. The molecule has 6 aromatic rings. The Labute approximate surface area is 618 Å². The van der Waals surface area contributed by atoms with Crippen LogP contribution in [0.15, 0.2) is 91.1 Å². The fraction of sp³-hybridized carbons (Fsp3) is 0.479. The minimum Gasteiger partial charge on any atom is -0.479 e. The van der Waals surface area contributed by atoms with Crippen molar-refractivity contribution in [3.8, 4) is 16.9 Å². The van der Waals surface area contributed by atoms with Crippen LogP contribution in [0, 0.1) is 23.2 Å². The second-order valence-electron chi connectivity index (χ2n) is 29.5. The number of rotatable bonds is 30. The number of hydrogen-bond acceptors (Lipinski definition) is 23. The number of unbranched alkanes of at least 4 members (excludes halogenated alkanes) is 2. The van der Waals surface area contributed by atoms with E-state index < -0.39 is 112 Å². The number of benzene rings is 3. The van der Waals surface area contributed by atoms with Gasteiger partial charge < -0.3 is 70.2 Å². The maximum atomic E-state index is 14.1. The monoisotopic (exact) mass is 1520 g/mol. The van der Waals surface area contributed by atoms with Crippen molar-refractivity contribution in [3.63, 3.8) is 0 Å². The van der Waals surface area contributed by atoms with Gasteiger partial charge >= 0.3 is 18.0 Å². The fourth-order valence-electron chi connectivity index (χ4n) is 17.1. The lowest BCUT2D eigenvalue weighted by atomic mass is 9.39. The van der Waals surface area contributed by atoms with Crippen LogP contribution in [0.1, 0.15) is 128 Å². The molecule has 6 heterocycles. The van der Waals surface area contributed by atoms with Gasteiger partial charge in [0.2, 0.25) is 24.0 Å². The number of pyridine rings is 1. The molecular formula is C73H85N11O21S2. The molecule has 0 spiro atoms. The van der Waals surface area contributed by atoms with Crippen LogP contribution >= 0.6 is 11.3 Å². The number of aromatic nitrogens is 4. The zero-order chi connectivity index (χ0) is 76.5. The molecule has 4 saturated carbocycles. The molecule has 5 fully saturated rings. The molecule has 34 heteroatoms. The normalized spacial score (nSPS) is 24.6. The van der Waals surface area contributed by atoms with Gasteiger partial charge in [-0.15, -0.1) is 0 Å². The number of ether oxygens (including phenoxy) is 4. The van der Waals surface area contributed by atoms with E-state index >= 15 is 0 Å². The average molecular weight is 1520 g/mol. The minimum atomic E-state index is -4.93. The van der Waals surface area contributed by atoms with Gasteiger partial charge in [-0.1, -0.05) is 61.9 Å². The first-order chi connectivity index (χ1) is 50.8. The molecule has 3 aromatic heterocycles. The molecule has 7 amide bonds. The highest BCUT2D eigenvalue weighted by Gasteiger charge is 2.66. The third-order valence-electron chi connectivity index (χ3n) is 20.8. The molecule has 10 N–H and O–H groups in total. The molecule has 2 unspecified atom stereocenters. The van der Waals surface area contributed by atoms with E-state index in [1.807, 2.05) is 52.9 Å². The van der Waals surface area contributed by atoms with Gasteiger partial charge in [0.25, 0.3) is 27.8 Å². The first-order valence-electron chi connectivity index (χ1n) is 35.2. The number of likely N-dealkylation sites (N-methyl/N-ethyl adjacent to an activating group) is 1. The number of thiazole rings is 1. The number of fused-ring (bicyclic) bond motifs is 2. The number of nitrogens with one attached hydrogen (secondary N) is 4. The number of carbonyl (C=O) groups is 9. The van der Waals surface area contributed by atoms with Gasteiger partial charge in [0.05, 0.1) is 34.3 Å². The standard InChI is InChI=1S/C73H85N11O21S2/c1-41-46(44-17-19-53(79-58(44)65(94)95)82-26-23-43-11-10-12-45(47(43)31-82)63(92)80-68-77-48-13-7-8-14-52(48)106-68)30-75-84(41)40-72-35-70(2)34-71(3,36-72)38-73(37-70,39-72)103-28-27-81(4)64(93)50(33-107(99,100)101)78-69(98)102-32-42-16-18-51(104-67-61(91)59(89)60(90)62(105-67)66(96)97)49(29-42)76-55(86)22-24-74-54(85)15-6-5-9-25-83-56(87)20-21-57(83)88/h7-8,10-14,16-21,29-30,50,59-62,67,89-91H,5-6,9,15,22-28,31-40H2,1-4H3,(H,74,85)(H,76,86)(H,78,98)(H,94,95)(H,96,97)(H,77,80,92)(H,99,100,101)/t50-,59-,60+,61-,62-,67+,70?,71?,72?,73?/m0/s1. The summed E-state index contributed by atoms with van der Waals surface area (Å²) >= 11 is 1.39. The Hall–Kier alpha value is -9.81. The second-order valence-corrected chi connectivity index (χ2v) is 32.1. The van der Waals surface area contributed by atoms with Gasteiger partial charge in [-0.05, 0) is 140 Å². The van der Waals surface area contributed by atoms with Crippen molar-refractivity contribution in [1.29, 1.82) is 0 Å². The maximum absolute atomic E-state index is 14.1. The molecule has 0 radical (unpaired) electrons. The van der Waals surface area contributed by atoms with Crippen molar-refractivity contribution >= 4 is 102 Å². The lowest BCUT2D eigenvalue weighted by Crippen LogP contribution is -2.64. The van der Waals surface area contributed by atoms with Crippen molar-refractivity contribution in [3.05, 3.63) is 125 Å². The van der Waals surface area contributed by atoms with E-state index in [1.54, 1.807) is 24.4 Å². The molecule has 3 aliphatic heterocycles. The van der Waals surface area contributed by atoms with Gasteiger partial charge in [-0.3, -0.25) is 48.2 Å². The van der Waals surface area contributed by atoms with Gasteiger partial charge in [0.15, 0.2) is 16.9 Å². The number of hydrogen-bond donors (Lipinski definition) is 10. The minimum absolute atomic E-state index is 0.00131. The molecule has 1 saturated heterocycles. The first kappa shape index (κ1) is 76.8. The smallest absolute Gasteiger partial charge is 0.408 e. The quantitative estimate of drug-likeness (QED) is 0.0154. The highest BCUT2D eigenvalue weighted by Crippen LogP contribution is 2.72. The molecule has 13 rings (SSSR count). The van der Waals surface area contributed by atoms with E-state index in [-0.39, 0.29) is 83.9 Å². The van der Waals surface area contributed by atoms with Gasteiger partial charge in [0, 0.05) is 93.7 Å². The van der Waals surface area contributed by atoms with Crippen LogP contribution in [0.2, 0.25) is 0 Å². The Morgan fingerprint density at radius 1 is 0.822 bits per heavy atom. The third kappa shape index (κ3) is 17.6. The number of aliphatic hydroxyl groups is 3. The maximum Gasteiger partial charge on any atom is 0.408 e. The van der Waals surface area contributed by atoms with Crippen molar-refractivity contribution in [2.24, 2.45) is 16.2 Å². The van der Waals surface area contributed by atoms with Crippen molar-refractivity contribution < 1.29 is 101 Å². The predicted molar refractivity (Wildman–Crippen MR) is 384 cm³/mol. The molecule has 570 valence electrons. The summed E-state index contributed by atoms with van der Waals surface area (Å²) in [6, 6.07) is 18.7. The van der Waals surface area contributed by atoms with Gasteiger partial charge in [-0.25, -0.2) is 24.4 Å². The number of carboxylic acids is 2. The number of para-hydroxylation sites is 1. The first-order valence-corrected chi connectivity index (χ1v) is 37.6. The van der Waals surface area contributed by atoms with Crippen molar-refractivity contribution in [1.82, 2.24) is 40.2 Å². The molecule has 4 bridgehead atoms. The number of nitrogens with zero attached hydrogens (tertiary/aromatic N) is 7. The summed E-state index contributed by atoms with van der Waals surface area (Å²) in [4.78, 5) is 130. The number of anilines is 3. The summed E-state index contributed by atoms with van der Waals surface area (Å²) in [5.74, 6) is -7.13. The number of carboxylic acid groups (broad SMARTS) is 2. The van der Waals surface area contributed by atoms with Gasteiger partial charge in [-0.2, -0.15) is 13.5 Å². The summed E-state index contributed by atoms with van der Waals surface area (Å²) in [5, 5.41) is 67.6. The molecule has 4 aliphatic carbocycles. The highest BCUT2D eigenvalue weighted by molar-refractivity contribution is 7.85. The Bertz CT molecular complexity index is 4570. The van der Waals surface area contributed by atoms with Crippen LogP contribution in [-0.2, 0) is 79.2 Å². The molecule has 107 heavy (non-hydrogen) atoms. The fourth-order valence-corrected chi connectivity index (χ4v) is 18.6. The van der Waals surface area contributed by atoms with E-state index in [2.05, 4.69) is 40.1 Å². The van der Waals surface area contributed by atoms with Crippen LogP contribution in [0.5, 0.6) is 5.75 Å². The Kier molecular flexibility index (Phi) is 22.4. The van der Waals surface area contributed by atoms with Gasteiger partial charge in [0.1, 0.15) is 48.3 Å². The second kappa shape index (κ2) is 31.2. The van der Waals surface area contributed by atoms with Crippen LogP contribution < -0.4 is 30.9 Å². The lowest BCUT2D eigenvalue weighted by molar-refractivity contribution is -0.271. The van der Waals surface area contributed by atoms with Crippen LogP contribution in [0.4, 0.5) is 21.4 Å². The lowest BCUT2D eigenvalue weighted by Gasteiger charge is -2.69. The molecule has 32 nitrogen and oxygen atoms in total. The zero-order valence-corrected chi connectivity index (χ0v) is 60.9. The summed E-state index contributed by atoms with van der Waals surface area (Å²) in [5.41, 5.74) is 3.37. The predicted octanol–water partition coefficient (Wildman–Crippen LogP) is 5.35. The van der Waals surface area contributed by atoms with E-state index in [9.17, 15) is 81.7 Å². The Morgan fingerprint density at radius 3 is 2.29 bits per heavy atom. The number of alkyl carbamates (subject to hydrolysis) is 1. The molecule has 8 atom stereocenters. The number of aliphatic carboxylic acids is 1. The van der Waals surface area contributed by atoms with Crippen molar-refractivity contribution in [2.45, 2.75) is 160 Å². The summed E-state index contributed by atoms with van der Waals surface area (Å²) in [7, 11) is -3.54. The van der Waals surface area contributed by atoms with E-state index in [1.165, 1.54) is 53.6 Å². The number of aliphatic hydroxyl groups excluding tert-OH is 3. The number of amides is 7. The average Bonchev–Trinajstić information content (AvgIpc) is 1.04. The SMILES string of the molecule is Cc1c(-c2ccc(N3CCc4cccc(C(=O)Nc5nc6ccccc6s5)c4C3)nc2C(=O)O)cnn1CC12CC3(C)CC(C)(C1)CC(OCCN(C)C(=O)[C@H](CS(=O)(=O)O)NC(=O)OCc1ccc(O[C@@H]4O[C@H](C(=O)O)[C@H](O)[C@H](O)[C@@H]4O)c(NC(=O)CCNC(=O)CCCCCN4C(=O)C=CC4=O)c1)(C3)C2. The summed E-state index contributed by atoms with van der Waals surface area (Å²) < 4.78 is 61.1. The Morgan fingerprint density at radius 2 is 1.57 bits per heavy atom. The zero-order valence-electron chi connectivity index (χ0n) is 59.2. The summed E-state index contributed by atoms with van der Waals surface area (Å²) in [6.45, 7) is 7.14. The van der Waals surface area contributed by atoms with Crippen LogP contribution in [0.25, 0.3) is 21.3 Å². The van der Waals surface area contributed by atoms with Crippen molar-refractivity contribution in [2.75, 3.05) is 61.1 Å². The van der Waals surface area contributed by atoms with Crippen LogP contribution in [0.3, 0.4) is 0 Å². The van der Waals surface area contributed by atoms with E-state index in [4.69, 9.17) is 29.0 Å². The number of carbonyl (C=O) groups excluding carboxylic acids is 7. The largest absolute Gasteiger partial charge is 0.479 e. The Balaban J connectivity index is 0.664. The third-order valence-corrected chi connectivity index (χ3v) is 22.5. The summed E-state index contributed by atoms with van der Waals surface area (Å²) in [6.07, 6.45) is -0.836. The number of aromatic carboxylic acids is 1. The van der Waals surface area contributed by atoms with E-state index in [0.29, 0.717) is 79.4 Å². The van der Waals surface area contributed by atoms with E-state index in [0.717, 1.165) is 64.0 Å². The topological polar surface area (TPSA) is 448 Å². The highest BCUT2D eigenvalue weighted by atomic mass is 32.2. The molecule has 7 aliphatic rings.